The van der Waals surface area contributed by atoms with Crippen molar-refractivity contribution in [2.75, 3.05) is 13.1 Å². The molecule has 0 radical (unpaired) electrons. The van der Waals surface area contributed by atoms with Crippen molar-refractivity contribution in [3.05, 3.63) is 33.8 Å². The average Bonchev–Trinajstić information content (AvgIpc) is 2.76. The summed E-state index contributed by atoms with van der Waals surface area (Å²) in [4.78, 5) is 25.6. The van der Waals surface area contributed by atoms with Crippen molar-refractivity contribution in [3.8, 4) is 0 Å². The van der Waals surface area contributed by atoms with Crippen molar-refractivity contribution in [2.24, 2.45) is 11.1 Å². The number of benzene rings is 1. The molecule has 0 aromatic heterocycles. The second-order valence-corrected chi connectivity index (χ2v) is 6.24. The Morgan fingerprint density at radius 3 is 2.68 bits per heavy atom. The number of rotatable bonds is 2. The van der Waals surface area contributed by atoms with Crippen molar-refractivity contribution in [1.82, 2.24) is 4.90 Å². The van der Waals surface area contributed by atoms with Crippen LogP contribution in [0.4, 0.5) is 0 Å². The number of hydrogen-bond donors (Lipinski definition) is 1. The highest BCUT2D eigenvalue weighted by Crippen LogP contribution is 2.31. The van der Waals surface area contributed by atoms with Crippen LogP contribution in [0.25, 0.3) is 0 Å². The largest absolute Gasteiger partial charge is 0.369 e. The summed E-state index contributed by atoms with van der Waals surface area (Å²) in [6.07, 6.45) is 0.623. The molecule has 1 saturated heterocycles. The molecule has 4 nitrogen and oxygen atoms in total. The van der Waals surface area contributed by atoms with Crippen LogP contribution >= 0.6 is 15.9 Å². The van der Waals surface area contributed by atoms with E-state index in [-0.39, 0.29) is 11.8 Å². The first kappa shape index (κ1) is 14.1. The van der Waals surface area contributed by atoms with Gasteiger partial charge in [0, 0.05) is 17.6 Å². The highest BCUT2D eigenvalue weighted by Gasteiger charge is 2.41. The third-order valence-electron chi connectivity index (χ3n) is 3.71. The van der Waals surface area contributed by atoms with Crippen molar-refractivity contribution >= 4 is 27.7 Å². The maximum absolute atomic E-state index is 12.5. The van der Waals surface area contributed by atoms with Crippen LogP contribution in [0.3, 0.4) is 0 Å². The predicted molar refractivity (Wildman–Crippen MR) is 76.7 cm³/mol. The molecule has 1 aromatic rings. The maximum atomic E-state index is 12.5. The van der Waals surface area contributed by atoms with Gasteiger partial charge >= 0.3 is 0 Å². The molecule has 19 heavy (non-hydrogen) atoms. The summed E-state index contributed by atoms with van der Waals surface area (Å²) >= 11 is 3.40. The molecule has 1 heterocycles. The van der Waals surface area contributed by atoms with E-state index in [1.807, 2.05) is 32.0 Å². The van der Waals surface area contributed by atoms with Crippen LogP contribution in [0.5, 0.6) is 0 Å². The first-order valence-electron chi connectivity index (χ1n) is 6.19. The lowest BCUT2D eigenvalue weighted by Gasteiger charge is -2.21. The number of primary amides is 1. The zero-order chi connectivity index (χ0) is 14.2. The number of likely N-dealkylation sites (tertiary alicyclic amines) is 1. The minimum absolute atomic E-state index is 0.0550. The monoisotopic (exact) mass is 324 g/mol. The summed E-state index contributed by atoms with van der Waals surface area (Å²) < 4.78 is 0.774. The maximum Gasteiger partial charge on any atom is 0.255 e. The normalized spacial score (nSPS) is 22.6. The minimum Gasteiger partial charge on any atom is -0.369 e. The number of carbonyl (C=O) groups excluding carboxylic acids is 2. The molecule has 1 aliphatic heterocycles. The highest BCUT2D eigenvalue weighted by atomic mass is 79.9. The van der Waals surface area contributed by atoms with E-state index in [1.54, 1.807) is 4.90 Å². The zero-order valence-corrected chi connectivity index (χ0v) is 12.7. The van der Waals surface area contributed by atoms with Gasteiger partial charge in [0.05, 0.1) is 11.0 Å². The Morgan fingerprint density at radius 2 is 2.11 bits per heavy atom. The highest BCUT2D eigenvalue weighted by molar-refractivity contribution is 9.10. The fourth-order valence-electron chi connectivity index (χ4n) is 2.31. The Bertz CT molecular complexity index is 544. The van der Waals surface area contributed by atoms with Gasteiger partial charge < -0.3 is 10.6 Å². The molecule has 0 spiro atoms. The van der Waals surface area contributed by atoms with Crippen molar-refractivity contribution in [2.45, 2.75) is 20.3 Å². The summed E-state index contributed by atoms with van der Waals surface area (Å²) in [6, 6.07) is 5.66. The van der Waals surface area contributed by atoms with Crippen LogP contribution in [0, 0.1) is 12.3 Å². The summed E-state index contributed by atoms with van der Waals surface area (Å²) in [6.45, 7) is 4.72. The molecule has 2 N–H and O–H groups in total. The van der Waals surface area contributed by atoms with Crippen molar-refractivity contribution in [1.29, 1.82) is 0 Å². The summed E-state index contributed by atoms with van der Waals surface area (Å²) in [5.74, 6) is -0.397. The lowest BCUT2D eigenvalue weighted by molar-refractivity contribution is -0.126. The van der Waals surface area contributed by atoms with E-state index in [1.165, 1.54) is 0 Å². The molecule has 1 unspecified atom stereocenters. The average molecular weight is 325 g/mol. The second-order valence-electron chi connectivity index (χ2n) is 5.38. The molecule has 2 rings (SSSR count). The molecular formula is C14H17BrN2O2. The van der Waals surface area contributed by atoms with Crippen LogP contribution in [0.15, 0.2) is 22.7 Å². The third-order valence-corrected chi connectivity index (χ3v) is 4.40. The lowest BCUT2D eigenvalue weighted by atomic mass is 9.89. The Balaban J connectivity index is 2.22. The third kappa shape index (κ3) is 2.66. The van der Waals surface area contributed by atoms with Gasteiger partial charge in [-0.05, 0) is 48.3 Å². The van der Waals surface area contributed by atoms with Gasteiger partial charge in [0.25, 0.3) is 5.91 Å². The van der Waals surface area contributed by atoms with E-state index in [9.17, 15) is 9.59 Å². The standard InChI is InChI=1S/C14H17BrN2O2/c1-9-3-4-11(15)10(7-9)12(18)17-6-5-14(2,8-17)13(16)19/h3-4,7H,5-6,8H2,1-2H3,(H2,16,19). The van der Waals surface area contributed by atoms with E-state index < -0.39 is 5.41 Å². The molecule has 102 valence electrons. The molecule has 5 heteroatoms. The topological polar surface area (TPSA) is 63.4 Å². The van der Waals surface area contributed by atoms with E-state index in [2.05, 4.69) is 15.9 Å². The van der Waals surface area contributed by atoms with Gasteiger partial charge in [-0.2, -0.15) is 0 Å². The van der Waals surface area contributed by atoms with E-state index in [0.29, 0.717) is 25.1 Å². The lowest BCUT2D eigenvalue weighted by Crippen LogP contribution is -2.38. The molecule has 1 atom stereocenters. The van der Waals surface area contributed by atoms with Crippen LogP contribution in [-0.4, -0.2) is 29.8 Å². The Morgan fingerprint density at radius 1 is 1.42 bits per heavy atom. The first-order valence-corrected chi connectivity index (χ1v) is 6.98. The van der Waals surface area contributed by atoms with Crippen LogP contribution in [0.2, 0.25) is 0 Å². The summed E-state index contributed by atoms with van der Waals surface area (Å²) in [7, 11) is 0. The minimum atomic E-state index is -0.605. The number of carbonyl (C=O) groups is 2. The fraction of sp³-hybridized carbons (Fsp3) is 0.429. The van der Waals surface area contributed by atoms with Gasteiger partial charge in [0.1, 0.15) is 0 Å². The van der Waals surface area contributed by atoms with Crippen molar-refractivity contribution in [3.63, 3.8) is 0 Å². The molecule has 2 amide bonds. The molecule has 0 aliphatic carbocycles. The van der Waals surface area contributed by atoms with Crippen LogP contribution in [-0.2, 0) is 4.79 Å². The number of hydrogen-bond acceptors (Lipinski definition) is 2. The first-order chi connectivity index (χ1) is 8.83. The van der Waals surface area contributed by atoms with E-state index in [4.69, 9.17) is 5.73 Å². The number of amides is 2. The van der Waals surface area contributed by atoms with Crippen molar-refractivity contribution < 1.29 is 9.59 Å². The predicted octanol–water partition coefficient (Wildman–Crippen LogP) is 2.10. The molecule has 0 bridgehead atoms. The van der Waals surface area contributed by atoms with Gasteiger partial charge in [0.15, 0.2) is 0 Å². The quantitative estimate of drug-likeness (QED) is 0.905. The number of aryl methyl sites for hydroxylation is 1. The van der Waals surface area contributed by atoms with Crippen LogP contribution < -0.4 is 5.73 Å². The Kier molecular flexibility index (Phi) is 3.67. The zero-order valence-electron chi connectivity index (χ0n) is 11.1. The van der Waals surface area contributed by atoms with E-state index in [0.717, 1.165) is 10.0 Å². The smallest absolute Gasteiger partial charge is 0.255 e. The SMILES string of the molecule is Cc1ccc(Br)c(C(=O)N2CCC(C)(C(N)=O)C2)c1. The molecule has 1 fully saturated rings. The molecule has 1 aromatic carbocycles. The van der Waals surface area contributed by atoms with Gasteiger partial charge in [-0.3, -0.25) is 9.59 Å². The fourth-order valence-corrected chi connectivity index (χ4v) is 2.73. The Hall–Kier alpha value is -1.36. The van der Waals surface area contributed by atoms with Gasteiger partial charge in [-0.1, -0.05) is 11.6 Å². The number of nitrogens with zero attached hydrogens (tertiary/aromatic N) is 1. The summed E-state index contributed by atoms with van der Waals surface area (Å²) in [5, 5.41) is 0. The van der Waals surface area contributed by atoms with Gasteiger partial charge in [-0.25, -0.2) is 0 Å². The Labute approximate surface area is 121 Å². The van der Waals surface area contributed by atoms with Gasteiger partial charge in [0.2, 0.25) is 5.91 Å². The van der Waals surface area contributed by atoms with Crippen LogP contribution in [0.1, 0.15) is 29.3 Å². The van der Waals surface area contributed by atoms with E-state index >= 15 is 0 Å². The number of halogens is 1. The summed E-state index contributed by atoms with van der Waals surface area (Å²) in [5.41, 5.74) is 6.46. The molecule has 0 saturated carbocycles. The molecular weight excluding hydrogens is 308 g/mol. The van der Waals surface area contributed by atoms with Gasteiger partial charge in [-0.15, -0.1) is 0 Å². The second kappa shape index (κ2) is 4.96. The molecule has 1 aliphatic rings. The number of nitrogens with two attached hydrogens (primary N) is 1.